The Kier molecular flexibility index (Phi) is 7.32. The zero-order valence-electron chi connectivity index (χ0n) is 17.7. The predicted molar refractivity (Wildman–Crippen MR) is 120 cm³/mol. The zero-order valence-corrected chi connectivity index (χ0v) is 18.5. The van der Waals surface area contributed by atoms with Gasteiger partial charge in [0.05, 0.1) is 24.5 Å². The lowest BCUT2D eigenvalue weighted by atomic mass is 10.1. The van der Waals surface area contributed by atoms with Crippen molar-refractivity contribution in [1.29, 1.82) is 0 Å². The second-order valence-electron chi connectivity index (χ2n) is 8.10. The summed E-state index contributed by atoms with van der Waals surface area (Å²) in [7, 11) is 0. The monoisotopic (exact) mass is 432 g/mol. The summed E-state index contributed by atoms with van der Waals surface area (Å²) in [5.74, 6) is 1.78. The minimum Gasteiger partial charge on any atom is -0.489 e. The summed E-state index contributed by atoms with van der Waals surface area (Å²) in [6.45, 7) is 7.98. The molecule has 0 bridgehead atoms. The lowest BCUT2D eigenvalue weighted by molar-refractivity contribution is 0.0636. The van der Waals surface area contributed by atoms with Crippen LogP contribution in [-0.4, -0.2) is 37.3 Å². The Morgan fingerprint density at radius 1 is 1.23 bits per heavy atom. The molecule has 0 radical (unpaired) electrons. The average Bonchev–Trinajstić information content (AvgIpc) is 2.68. The van der Waals surface area contributed by atoms with Crippen molar-refractivity contribution in [3.05, 3.63) is 48.0 Å². The maximum absolute atomic E-state index is 12.3. The Labute approximate surface area is 183 Å². The van der Waals surface area contributed by atoms with E-state index in [1.54, 1.807) is 6.07 Å². The van der Waals surface area contributed by atoms with Gasteiger partial charge in [-0.15, -0.1) is 11.6 Å². The Hall–Kier alpha value is -2.60. The summed E-state index contributed by atoms with van der Waals surface area (Å²) >= 11 is 5.79. The molecule has 0 atom stereocenters. The number of nitrogens with zero attached hydrogens (tertiary/aromatic N) is 1. The molecule has 1 heterocycles. The number of carbonyl (C=O) groups excluding carboxylic acids is 1. The van der Waals surface area contributed by atoms with Crippen LogP contribution < -0.4 is 19.7 Å². The number of hydrogen-bond acceptors (Lipinski definition) is 5. The molecule has 1 N–H and O–H groups in total. The van der Waals surface area contributed by atoms with Crippen molar-refractivity contribution in [2.75, 3.05) is 35.9 Å². The number of benzene rings is 2. The predicted octanol–water partition coefficient (Wildman–Crippen LogP) is 5.44. The van der Waals surface area contributed by atoms with Gasteiger partial charge in [0, 0.05) is 18.5 Å². The molecule has 0 unspecified atom stereocenters. The normalized spacial score (nSPS) is 13.3. The second-order valence-corrected chi connectivity index (χ2v) is 8.47. The van der Waals surface area contributed by atoms with Crippen LogP contribution in [0, 0.1) is 0 Å². The molecule has 0 saturated heterocycles. The fourth-order valence-electron chi connectivity index (χ4n) is 3.15. The fraction of sp³-hybridized carbons (Fsp3) is 0.435. The van der Waals surface area contributed by atoms with Gasteiger partial charge in [0.1, 0.15) is 12.2 Å². The first kappa shape index (κ1) is 22.1. The smallest absolute Gasteiger partial charge is 0.412 e. The Bertz CT molecular complexity index is 852. The highest BCUT2D eigenvalue weighted by Gasteiger charge is 2.25. The molecular weight excluding hydrogens is 404 g/mol. The van der Waals surface area contributed by atoms with E-state index in [0.717, 1.165) is 18.8 Å². The van der Waals surface area contributed by atoms with Crippen LogP contribution in [0.15, 0.2) is 42.5 Å². The van der Waals surface area contributed by atoms with E-state index in [2.05, 4.69) is 22.3 Å². The molecule has 2 aromatic rings. The van der Waals surface area contributed by atoms with Crippen molar-refractivity contribution in [2.24, 2.45) is 0 Å². The molecule has 0 fully saturated rings. The summed E-state index contributed by atoms with van der Waals surface area (Å²) in [6.07, 6.45) is 0.203. The average molecular weight is 433 g/mol. The molecule has 1 amide bonds. The number of anilines is 2. The first-order valence-electron chi connectivity index (χ1n) is 10.1. The van der Waals surface area contributed by atoms with Crippen LogP contribution in [0.25, 0.3) is 0 Å². The van der Waals surface area contributed by atoms with Gasteiger partial charge in [-0.2, -0.15) is 0 Å². The number of ether oxygens (including phenoxy) is 3. The van der Waals surface area contributed by atoms with E-state index in [1.807, 2.05) is 45.0 Å². The van der Waals surface area contributed by atoms with Crippen molar-refractivity contribution in [3.8, 4) is 11.5 Å². The van der Waals surface area contributed by atoms with Gasteiger partial charge in [-0.05, 0) is 38.8 Å². The topological polar surface area (TPSA) is 60.0 Å². The van der Waals surface area contributed by atoms with E-state index in [-0.39, 0.29) is 0 Å². The third-order valence-corrected chi connectivity index (χ3v) is 4.65. The van der Waals surface area contributed by atoms with Crippen molar-refractivity contribution in [1.82, 2.24) is 0 Å². The van der Waals surface area contributed by atoms with Gasteiger partial charge in [-0.25, -0.2) is 4.79 Å². The van der Waals surface area contributed by atoms with Gasteiger partial charge < -0.3 is 19.1 Å². The highest BCUT2D eigenvalue weighted by Crippen LogP contribution is 2.43. The van der Waals surface area contributed by atoms with Crippen molar-refractivity contribution < 1.29 is 19.0 Å². The lowest BCUT2D eigenvalue weighted by Crippen LogP contribution is -2.32. The molecule has 162 valence electrons. The Morgan fingerprint density at radius 3 is 2.70 bits per heavy atom. The SMILES string of the molecule is CC(C)(C)OC(=O)Nc1cc(OCCCCl)c2c(c1)N(Cc1ccccc1)CCO2. The van der Waals surface area contributed by atoms with Gasteiger partial charge in [0.25, 0.3) is 0 Å². The summed E-state index contributed by atoms with van der Waals surface area (Å²) < 4.78 is 17.3. The van der Waals surface area contributed by atoms with E-state index >= 15 is 0 Å². The van der Waals surface area contributed by atoms with Crippen LogP contribution in [0.4, 0.5) is 16.2 Å². The summed E-state index contributed by atoms with van der Waals surface area (Å²) in [5, 5.41) is 2.81. The van der Waals surface area contributed by atoms with Gasteiger partial charge in [-0.1, -0.05) is 30.3 Å². The largest absolute Gasteiger partial charge is 0.489 e. The number of carbonyl (C=O) groups is 1. The maximum atomic E-state index is 12.3. The van der Waals surface area contributed by atoms with Crippen molar-refractivity contribution in [2.45, 2.75) is 39.3 Å². The lowest BCUT2D eigenvalue weighted by Gasteiger charge is -2.33. The van der Waals surface area contributed by atoms with E-state index < -0.39 is 11.7 Å². The van der Waals surface area contributed by atoms with Crippen LogP contribution in [0.1, 0.15) is 32.8 Å². The van der Waals surface area contributed by atoms with Gasteiger partial charge in [0.2, 0.25) is 0 Å². The van der Waals surface area contributed by atoms with E-state index in [9.17, 15) is 4.79 Å². The Morgan fingerprint density at radius 2 is 2.00 bits per heavy atom. The zero-order chi connectivity index (χ0) is 21.6. The van der Waals surface area contributed by atoms with Gasteiger partial charge >= 0.3 is 6.09 Å². The number of rotatable bonds is 7. The molecule has 7 heteroatoms. The maximum Gasteiger partial charge on any atom is 0.412 e. The molecule has 2 aromatic carbocycles. The van der Waals surface area contributed by atoms with Crippen LogP contribution in [0.5, 0.6) is 11.5 Å². The number of fused-ring (bicyclic) bond motifs is 1. The van der Waals surface area contributed by atoms with Gasteiger partial charge in [0.15, 0.2) is 11.5 Å². The highest BCUT2D eigenvalue weighted by molar-refractivity contribution is 6.17. The van der Waals surface area contributed by atoms with Crippen LogP contribution in [0.2, 0.25) is 0 Å². The Balaban J connectivity index is 1.89. The third-order valence-electron chi connectivity index (χ3n) is 4.38. The molecule has 0 aromatic heterocycles. The fourth-order valence-corrected chi connectivity index (χ4v) is 3.26. The molecule has 3 rings (SSSR count). The van der Waals surface area contributed by atoms with E-state index in [4.69, 9.17) is 25.8 Å². The number of amides is 1. The van der Waals surface area contributed by atoms with Crippen molar-refractivity contribution in [3.63, 3.8) is 0 Å². The molecule has 1 aliphatic heterocycles. The van der Waals surface area contributed by atoms with Crippen LogP contribution in [0.3, 0.4) is 0 Å². The van der Waals surface area contributed by atoms with Gasteiger partial charge in [-0.3, -0.25) is 5.32 Å². The standard InChI is InChI=1S/C23H29ClN2O4/c1-23(2,3)30-22(27)25-18-14-19-21(20(15-18)28-12-7-10-24)29-13-11-26(19)16-17-8-5-4-6-9-17/h4-6,8-9,14-15H,7,10-13,16H2,1-3H3,(H,25,27). The number of halogens is 1. The molecule has 6 nitrogen and oxygen atoms in total. The molecule has 0 aliphatic carbocycles. The van der Waals surface area contributed by atoms with Crippen molar-refractivity contribution >= 4 is 29.1 Å². The molecule has 1 aliphatic rings. The summed E-state index contributed by atoms with van der Waals surface area (Å²) in [4.78, 5) is 14.5. The highest BCUT2D eigenvalue weighted by atomic mass is 35.5. The summed E-state index contributed by atoms with van der Waals surface area (Å²) in [6, 6.07) is 13.9. The van der Waals surface area contributed by atoms with Crippen LogP contribution >= 0.6 is 11.6 Å². The quantitative estimate of drug-likeness (QED) is 0.466. The molecule has 30 heavy (non-hydrogen) atoms. The molecular formula is C23H29ClN2O4. The minimum atomic E-state index is -0.583. The molecule has 0 spiro atoms. The number of alkyl halides is 1. The van der Waals surface area contributed by atoms with E-state index in [1.165, 1.54) is 5.56 Å². The third kappa shape index (κ3) is 6.20. The van der Waals surface area contributed by atoms with Crippen LogP contribution in [-0.2, 0) is 11.3 Å². The minimum absolute atomic E-state index is 0.466. The first-order valence-corrected chi connectivity index (χ1v) is 10.7. The molecule has 0 saturated carbocycles. The summed E-state index contributed by atoms with van der Waals surface area (Å²) in [5.41, 5.74) is 2.08. The number of nitrogens with one attached hydrogen (secondary N) is 1. The van der Waals surface area contributed by atoms with E-state index in [0.29, 0.717) is 42.7 Å². The number of hydrogen-bond donors (Lipinski definition) is 1. The first-order chi connectivity index (χ1) is 14.4. The second kappa shape index (κ2) is 9.94.